The maximum absolute atomic E-state index is 12.1. The molecule has 1 amide bonds. The minimum atomic E-state index is -1.09. The summed E-state index contributed by atoms with van der Waals surface area (Å²) in [5.74, 6) is -0.311. The molecule has 0 aliphatic heterocycles. The first-order valence-corrected chi connectivity index (χ1v) is 11.1. The predicted octanol–water partition coefficient (Wildman–Crippen LogP) is 4.53. The molecule has 0 bridgehead atoms. The lowest BCUT2D eigenvalue weighted by molar-refractivity contribution is -0.138. The van der Waals surface area contributed by atoms with E-state index in [0.717, 1.165) is 35.1 Å². The third-order valence-electron chi connectivity index (χ3n) is 5.57. The molecule has 0 saturated carbocycles. The Morgan fingerprint density at radius 2 is 1.82 bits per heavy atom. The van der Waals surface area contributed by atoms with Gasteiger partial charge in [0.2, 0.25) is 5.89 Å². The molecule has 2 heterocycles. The van der Waals surface area contributed by atoms with Crippen LogP contribution in [0.5, 0.6) is 0 Å². The number of anilines is 1. The normalized spacial score (nSPS) is 12.8. The van der Waals surface area contributed by atoms with Crippen molar-refractivity contribution in [2.45, 2.75) is 38.8 Å². The van der Waals surface area contributed by atoms with E-state index in [2.05, 4.69) is 39.7 Å². The Bertz CT molecular complexity index is 1250. The highest BCUT2D eigenvalue weighted by Gasteiger charge is 2.16. The molecule has 8 heteroatoms. The summed E-state index contributed by atoms with van der Waals surface area (Å²) < 4.78 is 5.85. The monoisotopic (exact) mass is 458 g/mol. The number of nitrogens with zero attached hydrogens (tertiary/aromatic N) is 2. The Hall–Kier alpha value is -4.20. The molecule has 0 saturated heterocycles. The van der Waals surface area contributed by atoms with Crippen LogP contribution in [0.3, 0.4) is 0 Å². The molecule has 2 atom stereocenters. The van der Waals surface area contributed by atoms with Crippen molar-refractivity contribution in [3.63, 3.8) is 0 Å². The Balaban J connectivity index is 1.37. The van der Waals surface area contributed by atoms with Gasteiger partial charge in [-0.05, 0) is 61.7 Å². The van der Waals surface area contributed by atoms with E-state index >= 15 is 0 Å². The van der Waals surface area contributed by atoms with E-state index in [9.17, 15) is 9.59 Å². The van der Waals surface area contributed by atoms with E-state index in [4.69, 9.17) is 9.52 Å². The molecule has 0 radical (unpaired) electrons. The number of hydrogen-bond acceptors (Lipinski definition) is 6. The number of nitrogens with one attached hydrogen (secondary N) is 2. The quantitative estimate of drug-likeness (QED) is 0.337. The van der Waals surface area contributed by atoms with Gasteiger partial charge in [0.25, 0.3) is 5.91 Å². The second-order valence-corrected chi connectivity index (χ2v) is 8.10. The van der Waals surface area contributed by atoms with E-state index < -0.39 is 17.9 Å². The third kappa shape index (κ3) is 5.40. The fourth-order valence-corrected chi connectivity index (χ4v) is 3.53. The Morgan fingerprint density at radius 1 is 1.06 bits per heavy atom. The summed E-state index contributed by atoms with van der Waals surface area (Å²) >= 11 is 0. The van der Waals surface area contributed by atoms with E-state index in [1.807, 2.05) is 36.4 Å². The van der Waals surface area contributed by atoms with Crippen LogP contribution in [-0.2, 0) is 11.2 Å². The maximum atomic E-state index is 12.1. The first-order chi connectivity index (χ1) is 16.4. The summed E-state index contributed by atoms with van der Waals surface area (Å²) in [5.41, 5.74) is 4.00. The van der Waals surface area contributed by atoms with Crippen LogP contribution in [0, 0.1) is 0 Å². The van der Waals surface area contributed by atoms with Crippen LogP contribution in [0.25, 0.3) is 22.6 Å². The van der Waals surface area contributed by atoms with Gasteiger partial charge in [0, 0.05) is 17.8 Å². The highest BCUT2D eigenvalue weighted by molar-refractivity contribution is 5.96. The zero-order chi connectivity index (χ0) is 24.1. The number of pyridine rings is 1. The van der Waals surface area contributed by atoms with Gasteiger partial charge in [0.15, 0.2) is 5.58 Å². The summed E-state index contributed by atoms with van der Waals surface area (Å²) in [6.45, 7) is 3.51. The minimum absolute atomic E-state index is 0.148. The first-order valence-electron chi connectivity index (χ1n) is 11.1. The van der Waals surface area contributed by atoms with Gasteiger partial charge in [-0.2, -0.15) is 0 Å². The molecule has 0 aliphatic carbocycles. The molecule has 0 fully saturated rings. The van der Waals surface area contributed by atoms with Crippen LogP contribution in [0.15, 0.2) is 71.3 Å². The fourth-order valence-electron chi connectivity index (χ4n) is 3.53. The summed E-state index contributed by atoms with van der Waals surface area (Å²) in [5, 5.41) is 14.7. The lowest BCUT2D eigenvalue weighted by atomic mass is 10.0. The second kappa shape index (κ2) is 10.2. The van der Waals surface area contributed by atoms with Crippen LogP contribution >= 0.6 is 0 Å². The number of fused-ring (bicyclic) bond motifs is 1. The van der Waals surface area contributed by atoms with Gasteiger partial charge in [-0.1, -0.05) is 31.2 Å². The second-order valence-electron chi connectivity index (χ2n) is 8.10. The number of carbonyl (C=O) groups is 2. The smallest absolute Gasteiger partial charge is 0.325 e. The van der Waals surface area contributed by atoms with Crippen molar-refractivity contribution < 1.29 is 19.1 Å². The minimum Gasteiger partial charge on any atom is -0.480 e. The van der Waals surface area contributed by atoms with Gasteiger partial charge in [-0.15, -0.1) is 0 Å². The van der Waals surface area contributed by atoms with Gasteiger partial charge in [0.05, 0.1) is 5.56 Å². The summed E-state index contributed by atoms with van der Waals surface area (Å²) in [4.78, 5) is 31.9. The van der Waals surface area contributed by atoms with Gasteiger partial charge >= 0.3 is 5.97 Å². The first kappa shape index (κ1) is 23.0. The topological polar surface area (TPSA) is 117 Å². The summed E-state index contributed by atoms with van der Waals surface area (Å²) in [6.07, 6.45) is 3.12. The third-order valence-corrected chi connectivity index (χ3v) is 5.57. The molecule has 1 unspecified atom stereocenters. The highest BCUT2D eigenvalue weighted by Crippen LogP contribution is 2.24. The van der Waals surface area contributed by atoms with Crippen LogP contribution in [0.1, 0.15) is 36.2 Å². The van der Waals surface area contributed by atoms with Crippen molar-refractivity contribution in [2.75, 3.05) is 5.32 Å². The zero-order valence-electron chi connectivity index (χ0n) is 19.0. The van der Waals surface area contributed by atoms with Gasteiger partial charge in [-0.25, -0.2) is 9.97 Å². The van der Waals surface area contributed by atoms with Crippen molar-refractivity contribution >= 4 is 28.8 Å². The van der Waals surface area contributed by atoms with E-state index in [0.29, 0.717) is 17.3 Å². The van der Waals surface area contributed by atoms with Crippen LogP contribution in [0.2, 0.25) is 0 Å². The fraction of sp³-hybridized carbons (Fsp3) is 0.231. The van der Waals surface area contributed by atoms with Gasteiger partial charge in [-0.3, -0.25) is 9.59 Å². The number of carbonyl (C=O) groups excluding carboxylic acids is 1. The Morgan fingerprint density at radius 3 is 2.47 bits per heavy atom. The largest absolute Gasteiger partial charge is 0.480 e. The number of carboxylic acids is 1. The lowest BCUT2D eigenvalue weighted by Gasteiger charge is -2.18. The number of hydrogen-bond donors (Lipinski definition) is 3. The lowest BCUT2D eigenvalue weighted by Crippen LogP contribution is -2.38. The number of rotatable bonds is 9. The molecule has 174 valence electrons. The number of aliphatic carboxylic acids is 1. The molecule has 0 spiro atoms. The number of aromatic nitrogens is 2. The SMILES string of the molecule is CCC(Cc1ccc(-c2nc3ccccc3o2)cc1)Nc1ccc(C(=O)N[C@@H](C)C(=O)O)cn1. The summed E-state index contributed by atoms with van der Waals surface area (Å²) in [6, 6.07) is 18.4. The van der Waals surface area contributed by atoms with E-state index in [1.165, 1.54) is 13.1 Å². The average Bonchev–Trinajstić information content (AvgIpc) is 3.28. The van der Waals surface area contributed by atoms with Crippen molar-refractivity contribution in [2.24, 2.45) is 0 Å². The standard InChI is InChI=1S/C26H26N4O4/c1-3-20(29-23-13-12-19(15-27-23)24(31)28-16(2)26(32)33)14-17-8-10-18(11-9-17)25-30-21-6-4-5-7-22(21)34-25/h4-13,15-16,20H,3,14H2,1-2H3,(H,27,29)(H,28,31)(H,32,33)/t16-,20?/m0/s1. The van der Waals surface area contributed by atoms with E-state index in [1.54, 1.807) is 12.1 Å². The average molecular weight is 459 g/mol. The highest BCUT2D eigenvalue weighted by atomic mass is 16.4. The number of oxazole rings is 1. The summed E-state index contributed by atoms with van der Waals surface area (Å²) in [7, 11) is 0. The molecule has 4 rings (SSSR count). The maximum Gasteiger partial charge on any atom is 0.325 e. The molecule has 2 aromatic carbocycles. The van der Waals surface area contributed by atoms with Crippen molar-refractivity contribution in [1.82, 2.24) is 15.3 Å². The Labute approximate surface area is 197 Å². The van der Waals surface area contributed by atoms with Crippen molar-refractivity contribution in [3.05, 3.63) is 78.0 Å². The number of benzene rings is 2. The van der Waals surface area contributed by atoms with Crippen molar-refractivity contribution in [1.29, 1.82) is 0 Å². The molecule has 3 N–H and O–H groups in total. The molecular weight excluding hydrogens is 432 g/mol. The van der Waals surface area contributed by atoms with Crippen molar-refractivity contribution in [3.8, 4) is 11.5 Å². The molecule has 4 aromatic rings. The van der Waals surface area contributed by atoms with E-state index in [-0.39, 0.29) is 6.04 Å². The van der Waals surface area contributed by atoms with Gasteiger partial charge in [0.1, 0.15) is 17.4 Å². The van der Waals surface area contributed by atoms with Gasteiger partial charge < -0.3 is 20.2 Å². The zero-order valence-corrected chi connectivity index (χ0v) is 19.0. The predicted molar refractivity (Wildman–Crippen MR) is 130 cm³/mol. The number of carboxylic acid groups (broad SMARTS) is 1. The number of amides is 1. The Kier molecular flexibility index (Phi) is 6.87. The van der Waals surface area contributed by atoms with Crippen LogP contribution in [-0.4, -0.2) is 39.0 Å². The van der Waals surface area contributed by atoms with Crippen LogP contribution in [0.4, 0.5) is 5.82 Å². The molecule has 0 aliphatic rings. The molecule has 34 heavy (non-hydrogen) atoms. The number of para-hydroxylation sites is 2. The molecule has 2 aromatic heterocycles. The van der Waals surface area contributed by atoms with Crippen LogP contribution < -0.4 is 10.6 Å². The molecule has 8 nitrogen and oxygen atoms in total. The molecular formula is C26H26N4O4.